The monoisotopic (exact) mass is 493 g/mol. The molecule has 2 aliphatic rings. The van der Waals surface area contributed by atoms with Crippen molar-refractivity contribution in [2.45, 2.75) is 6.92 Å². The summed E-state index contributed by atoms with van der Waals surface area (Å²) in [5, 5.41) is 0.371. The number of hydrogen-bond acceptors (Lipinski definition) is 6. The van der Waals surface area contributed by atoms with Crippen molar-refractivity contribution in [3.05, 3.63) is 81.9 Å². The summed E-state index contributed by atoms with van der Waals surface area (Å²) in [4.78, 5) is 31.8. The average molecular weight is 494 g/mol. The molecule has 6 nitrogen and oxygen atoms in total. The molecular weight excluding hydrogens is 470 g/mol. The van der Waals surface area contributed by atoms with E-state index in [4.69, 9.17) is 16.0 Å². The van der Waals surface area contributed by atoms with Gasteiger partial charge in [-0.15, -0.1) is 0 Å². The number of para-hydroxylation sites is 1. The molecule has 0 atom stereocenters. The van der Waals surface area contributed by atoms with Crippen molar-refractivity contribution in [2.75, 3.05) is 37.7 Å². The normalized spacial score (nSPS) is 18.4. The van der Waals surface area contributed by atoms with Crippen LogP contribution in [0, 0.1) is 6.92 Å². The van der Waals surface area contributed by atoms with Gasteiger partial charge in [0.05, 0.1) is 11.6 Å². The Balaban J connectivity index is 1.22. The number of amides is 2. The second-order valence-electron chi connectivity index (χ2n) is 8.36. The number of carbonyl (C=O) groups excluding carboxylic acids is 2. The van der Waals surface area contributed by atoms with Crippen LogP contribution in [0.25, 0.3) is 17.4 Å². The van der Waals surface area contributed by atoms with Gasteiger partial charge in [0.25, 0.3) is 11.1 Å². The molecule has 0 aliphatic carbocycles. The summed E-state index contributed by atoms with van der Waals surface area (Å²) in [7, 11) is 0. The molecule has 2 saturated heterocycles. The van der Waals surface area contributed by atoms with Gasteiger partial charge in [-0.1, -0.05) is 41.9 Å². The number of anilines is 1. The highest BCUT2D eigenvalue weighted by Crippen LogP contribution is 2.34. The molecule has 3 heterocycles. The number of piperazine rings is 1. The lowest BCUT2D eigenvalue weighted by Gasteiger charge is -2.37. The largest absolute Gasteiger partial charge is 0.457 e. The van der Waals surface area contributed by atoms with Gasteiger partial charge in [0.2, 0.25) is 0 Å². The molecule has 2 aromatic carbocycles. The van der Waals surface area contributed by atoms with Crippen LogP contribution in [-0.2, 0) is 4.79 Å². The fourth-order valence-electron chi connectivity index (χ4n) is 4.23. The number of nitrogens with zero attached hydrogens (tertiary/aromatic N) is 3. The van der Waals surface area contributed by atoms with E-state index in [9.17, 15) is 9.59 Å². The number of benzene rings is 2. The van der Waals surface area contributed by atoms with Crippen LogP contribution in [-0.4, -0.2) is 53.8 Å². The molecule has 174 valence electrons. The lowest BCUT2D eigenvalue weighted by molar-refractivity contribution is -0.124. The first kappa shape index (κ1) is 22.8. The third-order valence-corrected chi connectivity index (χ3v) is 7.20. The van der Waals surface area contributed by atoms with E-state index in [0.29, 0.717) is 28.1 Å². The third-order valence-electron chi connectivity index (χ3n) is 6.05. The molecule has 2 amide bonds. The molecule has 0 unspecified atom stereocenters. The van der Waals surface area contributed by atoms with Gasteiger partial charge < -0.3 is 9.32 Å². The molecule has 0 N–H and O–H groups in total. The molecule has 0 bridgehead atoms. The maximum atomic E-state index is 13.0. The number of imide groups is 1. The molecule has 1 aromatic heterocycles. The Bertz CT molecular complexity index is 1260. The van der Waals surface area contributed by atoms with Crippen LogP contribution in [0.2, 0.25) is 5.02 Å². The first-order chi connectivity index (χ1) is 16.5. The number of furan rings is 1. The van der Waals surface area contributed by atoms with Crippen molar-refractivity contribution in [3.63, 3.8) is 0 Å². The van der Waals surface area contributed by atoms with Crippen molar-refractivity contribution in [2.24, 2.45) is 0 Å². The minimum atomic E-state index is -0.281. The molecule has 2 aliphatic heterocycles. The fraction of sp³-hybridized carbons (Fsp3) is 0.231. The van der Waals surface area contributed by atoms with Crippen molar-refractivity contribution in [1.82, 2.24) is 9.80 Å². The number of halogens is 1. The van der Waals surface area contributed by atoms with Gasteiger partial charge in [-0.25, -0.2) is 0 Å². The van der Waals surface area contributed by atoms with E-state index < -0.39 is 0 Å². The van der Waals surface area contributed by atoms with Crippen molar-refractivity contribution >= 4 is 46.3 Å². The Morgan fingerprint density at radius 3 is 2.56 bits per heavy atom. The quantitative estimate of drug-likeness (QED) is 0.423. The summed E-state index contributed by atoms with van der Waals surface area (Å²) in [6.07, 6.45) is 1.63. The van der Waals surface area contributed by atoms with Crippen LogP contribution < -0.4 is 4.90 Å². The van der Waals surface area contributed by atoms with Crippen molar-refractivity contribution in [3.8, 4) is 11.3 Å². The second kappa shape index (κ2) is 9.70. The predicted molar refractivity (Wildman–Crippen MR) is 137 cm³/mol. The number of aryl methyl sites for hydroxylation is 1. The summed E-state index contributed by atoms with van der Waals surface area (Å²) >= 11 is 7.02. The maximum absolute atomic E-state index is 13.0. The number of thioether (sulfide) groups is 1. The lowest BCUT2D eigenvalue weighted by atomic mass is 10.1. The van der Waals surface area contributed by atoms with Crippen LogP contribution in [0.15, 0.2) is 70.0 Å². The van der Waals surface area contributed by atoms with Crippen molar-refractivity contribution in [1.29, 1.82) is 0 Å². The second-order valence-corrected chi connectivity index (χ2v) is 9.78. The van der Waals surface area contributed by atoms with E-state index in [1.54, 1.807) is 18.2 Å². The standard InChI is InChI=1S/C26H24ClN3O3S/c1-18-5-2-3-8-22(18)29-13-11-28(12-14-29)17-30-25(31)24(34-26(30)32)16-21-9-10-23(33-21)19-6-4-7-20(27)15-19/h2-10,15-16H,11-14,17H2,1H3. The molecule has 0 saturated carbocycles. The molecule has 0 radical (unpaired) electrons. The van der Waals surface area contributed by atoms with E-state index in [0.717, 1.165) is 43.5 Å². The summed E-state index contributed by atoms with van der Waals surface area (Å²) in [6, 6.07) is 19.3. The Morgan fingerprint density at radius 2 is 1.79 bits per heavy atom. The zero-order chi connectivity index (χ0) is 23.7. The Morgan fingerprint density at radius 1 is 1.00 bits per heavy atom. The highest BCUT2D eigenvalue weighted by Gasteiger charge is 2.36. The smallest absolute Gasteiger partial charge is 0.294 e. The lowest BCUT2D eigenvalue weighted by Crippen LogP contribution is -2.51. The summed E-state index contributed by atoms with van der Waals surface area (Å²) < 4.78 is 5.87. The van der Waals surface area contributed by atoms with E-state index in [1.807, 2.05) is 30.3 Å². The molecule has 3 aromatic rings. The highest BCUT2D eigenvalue weighted by molar-refractivity contribution is 8.18. The van der Waals surface area contributed by atoms with E-state index in [1.165, 1.54) is 16.2 Å². The molecule has 5 rings (SSSR count). The van der Waals surface area contributed by atoms with E-state index in [2.05, 4.69) is 34.9 Å². The van der Waals surface area contributed by atoms with Crippen LogP contribution in [0.5, 0.6) is 0 Å². The number of hydrogen-bond donors (Lipinski definition) is 0. The molecule has 2 fully saturated rings. The molecule has 0 spiro atoms. The topological polar surface area (TPSA) is 57.0 Å². The van der Waals surface area contributed by atoms with Crippen LogP contribution in [0.4, 0.5) is 10.5 Å². The first-order valence-corrected chi connectivity index (χ1v) is 12.3. The zero-order valence-corrected chi connectivity index (χ0v) is 20.3. The average Bonchev–Trinajstić information content (AvgIpc) is 3.40. The Hall–Kier alpha value is -3.00. The van der Waals surface area contributed by atoms with Gasteiger partial charge in [-0.05, 0) is 54.6 Å². The Labute approximate surface area is 207 Å². The van der Waals surface area contributed by atoms with E-state index >= 15 is 0 Å². The highest BCUT2D eigenvalue weighted by atomic mass is 35.5. The van der Waals surface area contributed by atoms with Gasteiger partial charge in [0, 0.05) is 48.5 Å². The van der Waals surface area contributed by atoms with Gasteiger partial charge in [-0.2, -0.15) is 0 Å². The summed E-state index contributed by atoms with van der Waals surface area (Å²) in [5.74, 6) is 0.892. The number of carbonyl (C=O) groups is 2. The summed E-state index contributed by atoms with van der Waals surface area (Å²) in [5.41, 5.74) is 3.35. The molecule has 34 heavy (non-hydrogen) atoms. The molecule has 8 heteroatoms. The Kier molecular flexibility index (Phi) is 6.50. The maximum Gasteiger partial charge on any atom is 0.294 e. The third kappa shape index (κ3) is 4.78. The molecular formula is C26H24ClN3O3S. The zero-order valence-electron chi connectivity index (χ0n) is 18.7. The first-order valence-electron chi connectivity index (χ1n) is 11.1. The van der Waals surface area contributed by atoms with Crippen LogP contribution in [0.3, 0.4) is 0 Å². The van der Waals surface area contributed by atoms with Gasteiger partial charge in [0.1, 0.15) is 11.5 Å². The minimum absolute atomic E-state index is 0.251. The SMILES string of the molecule is Cc1ccccc1N1CCN(CN2C(=O)SC(=Cc3ccc(-c4cccc(Cl)c4)o3)C2=O)CC1. The van der Waals surface area contributed by atoms with Gasteiger partial charge in [0.15, 0.2) is 0 Å². The van der Waals surface area contributed by atoms with E-state index in [-0.39, 0.29) is 11.1 Å². The predicted octanol–water partition coefficient (Wildman–Crippen LogP) is 5.72. The van der Waals surface area contributed by atoms with Crippen molar-refractivity contribution < 1.29 is 14.0 Å². The van der Waals surface area contributed by atoms with Crippen LogP contribution in [0.1, 0.15) is 11.3 Å². The fourth-order valence-corrected chi connectivity index (χ4v) is 5.23. The van der Waals surface area contributed by atoms with Gasteiger partial charge >= 0.3 is 0 Å². The van der Waals surface area contributed by atoms with Crippen LogP contribution >= 0.6 is 23.4 Å². The van der Waals surface area contributed by atoms with Gasteiger partial charge in [-0.3, -0.25) is 19.4 Å². The summed E-state index contributed by atoms with van der Waals surface area (Å²) in [6.45, 7) is 5.71. The number of rotatable bonds is 5. The minimum Gasteiger partial charge on any atom is -0.457 e.